The first-order valence-electron chi connectivity index (χ1n) is 9.16. The topological polar surface area (TPSA) is 85.2 Å². The molecule has 1 aromatic heterocycles. The van der Waals surface area contributed by atoms with Gasteiger partial charge in [0.25, 0.3) is 11.8 Å². The Labute approximate surface area is 171 Å². The van der Waals surface area contributed by atoms with Crippen molar-refractivity contribution in [2.75, 3.05) is 10.8 Å². The van der Waals surface area contributed by atoms with Crippen molar-refractivity contribution >= 4 is 29.4 Å². The van der Waals surface area contributed by atoms with Gasteiger partial charge in [0.15, 0.2) is 11.6 Å². The van der Waals surface area contributed by atoms with Crippen LogP contribution < -0.4 is 5.01 Å². The molecule has 0 atom stereocenters. The van der Waals surface area contributed by atoms with E-state index in [0.717, 1.165) is 22.3 Å². The zero-order valence-electron chi connectivity index (χ0n) is 16.0. The number of aromatic nitrogens is 3. The van der Waals surface area contributed by atoms with Gasteiger partial charge in [-0.05, 0) is 19.1 Å². The summed E-state index contributed by atoms with van der Waals surface area (Å²) >= 11 is 1.15. The average molecular weight is 406 g/mol. The number of aryl methyl sites for hydroxylation is 2. The molecule has 2 heterocycles. The Kier molecular flexibility index (Phi) is 5.02. The van der Waals surface area contributed by atoms with E-state index in [1.807, 2.05) is 26.0 Å². The maximum absolute atomic E-state index is 12.9. The fraction of sp³-hybridized carbons (Fsp3) is 0.190. The van der Waals surface area contributed by atoms with Crippen LogP contribution in [0.25, 0.3) is 0 Å². The van der Waals surface area contributed by atoms with Crippen molar-refractivity contribution in [3.05, 3.63) is 76.6 Å². The van der Waals surface area contributed by atoms with Gasteiger partial charge >= 0.3 is 0 Å². The number of carbonyl (C=O) groups is 3. The molecule has 2 aromatic carbocycles. The highest BCUT2D eigenvalue weighted by Crippen LogP contribution is 2.26. The molecule has 0 aliphatic carbocycles. The van der Waals surface area contributed by atoms with Gasteiger partial charge in [-0.1, -0.05) is 60.6 Å². The maximum Gasteiger partial charge on any atom is 0.281 e. The highest BCUT2D eigenvalue weighted by atomic mass is 32.2. The molecule has 1 aliphatic rings. The second kappa shape index (κ2) is 7.63. The number of Topliss-reactive ketones (excluding diaryl/α,β-unsaturated/α-hetero) is 1. The Balaban J connectivity index is 1.62. The number of fused-ring (bicyclic) bond motifs is 1. The molecule has 7 nitrogen and oxygen atoms in total. The zero-order valence-corrected chi connectivity index (χ0v) is 16.8. The fourth-order valence-corrected chi connectivity index (χ4v) is 3.95. The number of thioether (sulfide) groups is 1. The van der Waals surface area contributed by atoms with Crippen molar-refractivity contribution in [3.63, 3.8) is 0 Å². The molecule has 0 saturated heterocycles. The second-order valence-electron chi connectivity index (χ2n) is 6.61. The van der Waals surface area contributed by atoms with Crippen LogP contribution in [0.3, 0.4) is 0 Å². The van der Waals surface area contributed by atoms with Crippen LogP contribution in [-0.4, -0.2) is 38.2 Å². The molecule has 0 N–H and O–H groups in total. The molecule has 0 fully saturated rings. The maximum atomic E-state index is 12.9. The lowest BCUT2D eigenvalue weighted by Crippen LogP contribution is -2.41. The Morgan fingerprint density at radius 3 is 2.17 bits per heavy atom. The van der Waals surface area contributed by atoms with Gasteiger partial charge in [-0.25, -0.2) is 4.68 Å². The number of hydrogen-bond acceptors (Lipinski definition) is 6. The summed E-state index contributed by atoms with van der Waals surface area (Å²) < 4.78 is 1.43. The lowest BCUT2D eigenvalue weighted by Gasteiger charge is -2.18. The third-order valence-electron chi connectivity index (χ3n) is 4.67. The van der Waals surface area contributed by atoms with Crippen LogP contribution in [-0.2, 0) is 6.42 Å². The van der Waals surface area contributed by atoms with Crippen LogP contribution in [0.5, 0.6) is 0 Å². The van der Waals surface area contributed by atoms with Crippen LogP contribution in [0.15, 0.2) is 53.7 Å². The molecule has 0 spiro atoms. The molecular weight excluding hydrogens is 388 g/mol. The summed E-state index contributed by atoms with van der Waals surface area (Å²) in [4.78, 5) is 38.3. The summed E-state index contributed by atoms with van der Waals surface area (Å²) in [7, 11) is 0. The first-order valence-corrected chi connectivity index (χ1v) is 10.1. The molecule has 0 saturated carbocycles. The molecule has 29 heavy (non-hydrogen) atoms. The minimum atomic E-state index is -0.424. The van der Waals surface area contributed by atoms with E-state index >= 15 is 0 Å². The Morgan fingerprint density at radius 2 is 1.59 bits per heavy atom. The van der Waals surface area contributed by atoms with Crippen molar-refractivity contribution in [2.45, 2.75) is 25.4 Å². The molecule has 2 amide bonds. The summed E-state index contributed by atoms with van der Waals surface area (Å²) in [6, 6.07) is 14.0. The third-order valence-corrected chi connectivity index (χ3v) is 5.59. The third kappa shape index (κ3) is 3.36. The van der Waals surface area contributed by atoms with Gasteiger partial charge in [-0.2, -0.15) is 5.01 Å². The fourth-order valence-electron chi connectivity index (χ4n) is 3.12. The first-order chi connectivity index (χ1) is 14.0. The molecule has 0 radical (unpaired) electrons. The standard InChI is InChI=1S/C21H18N4O3S/c1-3-18-22-23-21(29-12-17(26)14-10-8-13(2)9-11-14)24(18)25-19(27)15-6-4-5-7-16(15)20(25)28/h4-11H,3,12H2,1-2H3. The summed E-state index contributed by atoms with van der Waals surface area (Å²) in [5.74, 6) is -0.318. The average Bonchev–Trinajstić information content (AvgIpc) is 3.25. The van der Waals surface area contributed by atoms with E-state index in [9.17, 15) is 14.4 Å². The van der Waals surface area contributed by atoms with Gasteiger partial charge in [-0.3, -0.25) is 14.4 Å². The van der Waals surface area contributed by atoms with E-state index in [1.165, 1.54) is 4.68 Å². The summed E-state index contributed by atoms with van der Waals surface area (Å²) in [5, 5.41) is 9.62. The normalized spacial score (nSPS) is 13.1. The van der Waals surface area contributed by atoms with Gasteiger partial charge in [0, 0.05) is 12.0 Å². The molecule has 4 rings (SSSR count). The molecule has 146 valence electrons. The van der Waals surface area contributed by atoms with Crippen molar-refractivity contribution in [1.29, 1.82) is 0 Å². The van der Waals surface area contributed by atoms with E-state index in [2.05, 4.69) is 10.2 Å². The van der Waals surface area contributed by atoms with E-state index in [4.69, 9.17) is 0 Å². The lowest BCUT2D eigenvalue weighted by atomic mass is 10.1. The van der Waals surface area contributed by atoms with E-state index in [1.54, 1.807) is 36.4 Å². The number of rotatable bonds is 6. The second-order valence-corrected chi connectivity index (χ2v) is 7.55. The van der Waals surface area contributed by atoms with Crippen molar-refractivity contribution in [2.24, 2.45) is 0 Å². The summed E-state index contributed by atoms with van der Waals surface area (Å²) in [6.45, 7) is 3.82. The van der Waals surface area contributed by atoms with Gasteiger partial charge in [0.2, 0.25) is 5.16 Å². The number of amides is 2. The largest absolute Gasteiger partial charge is 0.293 e. The minimum absolute atomic E-state index is 0.0649. The molecule has 1 aliphatic heterocycles. The predicted octanol–water partition coefficient (Wildman–Crippen LogP) is 3.06. The van der Waals surface area contributed by atoms with Crippen LogP contribution in [0, 0.1) is 6.92 Å². The quantitative estimate of drug-likeness (QED) is 0.355. The molecule has 8 heteroatoms. The van der Waals surface area contributed by atoms with Crippen molar-refractivity contribution in [1.82, 2.24) is 14.9 Å². The number of nitrogens with zero attached hydrogens (tertiary/aromatic N) is 4. The van der Waals surface area contributed by atoms with Crippen molar-refractivity contribution < 1.29 is 14.4 Å². The Morgan fingerprint density at radius 1 is 0.966 bits per heavy atom. The highest BCUT2D eigenvalue weighted by molar-refractivity contribution is 7.99. The SMILES string of the molecule is CCc1nnc(SCC(=O)c2ccc(C)cc2)n1N1C(=O)c2ccccc2C1=O. The monoisotopic (exact) mass is 406 g/mol. The Hall–Kier alpha value is -3.26. The minimum Gasteiger partial charge on any atom is -0.293 e. The summed E-state index contributed by atoms with van der Waals surface area (Å²) in [5.41, 5.74) is 2.37. The summed E-state index contributed by atoms with van der Waals surface area (Å²) in [6.07, 6.45) is 0.479. The smallest absolute Gasteiger partial charge is 0.281 e. The molecule has 0 bridgehead atoms. The first kappa shape index (κ1) is 19.1. The molecular formula is C21H18N4O3S. The van der Waals surface area contributed by atoms with E-state index in [-0.39, 0.29) is 11.5 Å². The predicted molar refractivity (Wildman–Crippen MR) is 109 cm³/mol. The van der Waals surface area contributed by atoms with Crippen molar-refractivity contribution in [3.8, 4) is 0 Å². The van der Waals surface area contributed by atoms with E-state index < -0.39 is 11.8 Å². The van der Waals surface area contributed by atoms with Crippen LogP contribution in [0.2, 0.25) is 0 Å². The zero-order chi connectivity index (χ0) is 20.5. The number of carbonyl (C=O) groups excluding carboxylic acids is 3. The van der Waals surface area contributed by atoms with Crippen LogP contribution >= 0.6 is 11.8 Å². The lowest BCUT2D eigenvalue weighted by molar-refractivity contribution is 0.0879. The Bertz CT molecular complexity index is 1090. The number of ketones is 1. The highest BCUT2D eigenvalue weighted by Gasteiger charge is 2.39. The van der Waals surface area contributed by atoms with Gasteiger partial charge < -0.3 is 0 Å². The molecule has 3 aromatic rings. The number of imide groups is 1. The number of hydrogen-bond donors (Lipinski definition) is 0. The molecule has 0 unspecified atom stereocenters. The van der Waals surface area contributed by atoms with Gasteiger partial charge in [0.1, 0.15) is 0 Å². The van der Waals surface area contributed by atoms with Gasteiger partial charge in [-0.15, -0.1) is 10.2 Å². The van der Waals surface area contributed by atoms with Crippen LogP contribution in [0.1, 0.15) is 49.4 Å². The van der Waals surface area contributed by atoms with E-state index in [0.29, 0.717) is 34.1 Å². The van der Waals surface area contributed by atoms with Crippen LogP contribution in [0.4, 0.5) is 0 Å². The number of benzene rings is 2. The van der Waals surface area contributed by atoms with Gasteiger partial charge in [0.05, 0.1) is 16.9 Å².